The van der Waals surface area contributed by atoms with Gasteiger partial charge in [-0.15, -0.1) is 0 Å². The Morgan fingerprint density at radius 3 is 3.00 bits per heavy atom. The van der Waals surface area contributed by atoms with Crippen LogP contribution in [0, 0.1) is 0 Å². The second-order valence-corrected chi connectivity index (χ2v) is 5.00. The Hall–Kier alpha value is -1.43. The van der Waals surface area contributed by atoms with Crippen molar-refractivity contribution in [2.24, 2.45) is 0 Å². The van der Waals surface area contributed by atoms with Crippen LogP contribution in [0.5, 0.6) is 0 Å². The van der Waals surface area contributed by atoms with Crippen LogP contribution in [-0.4, -0.2) is 39.1 Å². The van der Waals surface area contributed by atoms with Crippen LogP contribution in [-0.2, 0) is 16.1 Å². The lowest BCUT2D eigenvalue weighted by molar-refractivity contribution is -0.139. The third kappa shape index (κ3) is 2.01. The Kier molecular flexibility index (Phi) is 3.03. The molecular weight excluding hydrogens is 234 g/mol. The number of carboxylic acid groups (broad SMARTS) is 1. The van der Waals surface area contributed by atoms with E-state index in [4.69, 9.17) is 4.74 Å². The normalized spacial score (nSPS) is 27.8. The van der Waals surface area contributed by atoms with Crippen molar-refractivity contribution < 1.29 is 14.6 Å². The molecule has 1 saturated heterocycles. The summed E-state index contributed by atoms with van der Waals surface area (Å²) < 4.78 is 7.21. The summed E-state index contributed by atoms with van der Waals surface area (Å²) in [5, 5.41) is 13.7. The van der Waals surface area contributed by atoms with Gasteiger partial charge in [0.15, 0.2) is 5.82 Å². The van der Waals surface area contributed by atoms with E-state index < -0.39 is 11.9 Å². The Morgan fingerprint density at radius 1 is 1.39 bits per heavy atom. The second kappa shape index (κ2) is 4.68. The zero-order chi connectivity index (χ0) is 12.5. The van der Waals surface area contributed by atoms with Gasteiger partial charge in [0.25, 0.3) is 0 Å². The summed E-state index contributed by atoms with van der Waals surface area (Å²) in [4.78, 5) is 15.7. The lowest BCUT2D eigenvalue weighted by atomic mass is 9.99. The number of hydrogen-bond acceptors (Lipinski definition) is 4. The van der Waals surface area contributed by atoms with Crippen LogP contribution in [0.2, 0.25) is 0 Å². The van der Waals surface area contributed by atoms with E-state index in [1.807, 2.05) is 0 Å². The molecular formula is C12H17N3O3. The first-order chi connectivity index (χ1) is 8.75. The monoisotopic (exact) mass is 251 g/mol. The number of fused-ring (bicyclic) bond motifs is 1. The lowest BCUT2D eigenvalue weighted by Crippen LogP contribution is -2.22. The van der Waals surface area contributed by atoms with Gasteiger partial charge < -0.3 is 9.84 Å². The van der Waals surface area contributed by atoms with Crippen molar-refractivity contribution in [3.8, 4) is 0 Å². The summed E-state index contributed by atoms with van der Waals surface area (Å²) in [5.74, 6) is 0.317. The highest BCUT2D eigenvalue weighted by molar-refractivity contribution is 5.75. The smallest absolute Gasteiger partial charge is 0.314 e. The molecule has 0 bridgehead atoms. The van der Waals surface area contributed by atoms with E-state index in [-0.39, 0.29) is 5.92 Å². The fourth-order valence-electron chi connectivity index (χ4n) is 2.72. The van der Waals surface area contributed by atoms with E-state index >= 15 is 0 Å². The van der Waals surface area contributed by atoms with Crippen LogP contribution in [0.25, 0.3) is 0 Å². The maximum atomic E-state index is 11.2. The third-order valence-electron chi connectivity index (χ3n) is 3.71. The van der Waals surface area contributed by atoms with Gasteiger partial charge in [0, 0.05) is 19.1 Å². The first-order valence-corrected chi connectivity index (χ1v) is 6.51. The van der Waals surface area contributed by atoms with Crippen LogP contribution in [0.3, 0.4) is 0 Å². The van der Waals surface area contributed by atoms with Crippen LogP contribution in [0.15, 0.2) is 0 Å². The maximum Gasteiger partial charge on any atom is 0.314 e. The Bertz CT molecular complexity index is 451. The minimum absolute atomic E-state index is 0.228. The predicted molar refractivity (Wildman–Crippen MR) is 62.4 cm³/mol. The van der Waals surface area contributed by atoms with Crippen molar-refractivity contribution in [1.29, 1.82) is 0 Å². The Morgan fingerprint density at radius 2 is 2.28 bits per heavy atom. The molecule has 0 aliphatic carbocycles. The summed E-state index contributed by atoms with van der Waals surface area (Å²) >= 11 is 0. The predicted octanol–water partition coefficient (Wildman–Crippen LogP) is 1.13. The molecule has 6 heteroatoms. The van der Waals surface area contributed by atoms with Crippen molar-refractivity contribution in [3.05, 3.63) is 11.6 Å². The number of aryl methyl sites for hydroxylation is 1. The van der Waals surface area contributed by atoms with Crippen molar-refractivity contribution in [1.82, 2.24) is 14.8 Å². The van der Waals surface area contributed by atoms with E-state index in [9.17, 15) is 9.90 Å². The molecule has 1 N–H and O–H groups in total. The Balaban J connectivity index is 1.88. The molecule has 1 aromatic rings. The van der Waals surface area contributed by atoms with E-state index in [0.717, 1.165) is 38.2 Å². The van der Waals surface area contributed by atoms with Gasteiger partial charge in [-0.1, -0.05) is 0 Å². The van der Waals surface area contributed by atoms with E-state index in [0.29, 0.717) is 18.9 Å². The number of ether oxygens (including phenoxy) is 1. The standard InChI is InChI=1S/C12H17N3O3/c16-12(17)9-4-1-5-15-11(9)13-10(14-15)8-3-2-6-18-7-8/h8-9H,1-7H2,(H,16,17). The van der Waals surface area contributed by atoms with Crippen LogP contribution >= 0.6 is 0 Å². The minimum atomic E-state index is -0.796. The highest BCUT2D eigenvalue weighted by atomic mass is 16.5. The molecule has 3 heterocycles. The molecule has 2 aliphatic heterocycles. The highest BCUT2D eigenvalue weighted by Crippen LogP contribution is 2.29. The van der Waals surface area contributed by atoms with Gasteiger partial charge in [-0.2, -0.15) is 5.10 Å². The van der Waals surface area contributed by atoms with Crippen LogP contribution in [0.1, 0.15) is 49.2 Å². The van der Waals surface area contributed by atoms with Gasteiger partial charge in [0.2, 0.25) is 0 Å². The molecule has 0 spiro atoms. The number of aliphatic carboxylic acids is 1. The molecule has 98 valence electrons. The fourth-order valence-corrected chi connectivity index (χ4v) is 2.72. The SMILES string of the molecule is O=C(O)C1CCCn2nc(C3CCCOC3)nc21. The van der Waals surface area contributed by atoms with Gasteiger partial charge >= 0.3 is 5.97 Å². The van der Waals surface area contributed by atoms with Crippen molar-refractivity contribution in [2.75, 3.05) is 13.2 Å². The molecule has 1 fully saturated rings. The minimum Gasteiger partial charge on any atom is -0.481 e. The summed E-state index contributed by atoms with van der Waals surface area (Å²) in [5.41, 5.74) is 0. The highest BCUT2D eigenvalue weighted by Gasteiger charge is 2.31. The number of nitrogens with zero attached hydrogens (tertiary/aromatic N) is 3. The van der Waals surface area contributed by atoms with Gasteiger partial charge in [-0.3, -0.25) is 4.79 Å². The number of carbonyl (C=O) groups is 1. The molecule has 1 aromatic heterocycles. The molecule has 18 heavy (non-hydrogen) atoms. The number of aromatic nitrogens is 3. The molecule has 2 aliphatic rings. The largest absolute Gasteiger partial charge is 0.481 e. The van der Waals surface area contributed by atoms with Crippen molar-refractivity contribution >= 4 is 5.97 Å². The quantitative estimate of drug-likeness (QED) is 0.852. The first-order valence-electron chi connectivity index (χ1n) is 6.51. The summed E-state index contributed by atoms with van der Waals surface area (Å²) in [6.07, 6.45) is 3.57. The van der Waals surface area contributed by atoms with E-state index in [2.05, 4.69) is 10.1 Å². The van der Waals surface area contributed by atoms with Crippen molar-refractivity contribution in [3.63, 3.8) is 0 Å². The average Bonchev–Trinajstić information content (AvgIpc) is 2.83. The zero-order valence-corrected chi connectivity index (χ0v) is 10.2. The maximum absolute atomic E-state index is 11.2. The molecule has 2 atom stereocenters. The van der Waals surface area contributed by atoms with E-state index in [1.165, 1.54) is 0 Å². The number of carboxylic acids is 1. The molecule has 6 nitrogen and oxygen atoms in total. The van der Waals surface area contributed by atoms with E-state index in [1.54, 1.807) is 4.68 Å². The van der Waals surface area contributed by atoms with Crippen LogP contribution in [0.4, 0.5) is 0 Å². The van der Waals surface area contributed by atoms with Gasteiger partial charge in [-0.05, 0) is 25.7 Å². The van der Waals surface area contributed by atoms with Gasteiger partial charge in [-0.25, -0.2) is 9.67 Å². The third-order valence-corrected chi connectivity index (χ3v) is 3.71. The average molecular weight is 251 g/mol. The first kappa shape index (κ1) is 11.6. The molecule has 0 saturated carbocycles. The zero-order valence-electron chi connectivity index (χ0n) is 10.2. The molecule has 0 amide bonds. The molecule has 0 aromatic carbocycles. The number of hydrogen-bond donors (Lipinski definition) is 1. The molecule has 2 unspecified atom stereocenters. The fraction of sp³-hybridized carbons (Fsp3) is 0.750. The van der Waals surface area contributed by atoms with Crippen LogP contribution < -0.4 is 0 Å². The topological polar surface area (TPSA) is 77.2 Å². The Labute approximate surface area is 105 Å². The second-order valence-electron chi connectivity index (χ2n) is 5.00. The van der Waals surface area contributed by atoms with Gasteiger partial charge in [0.1, 0.15) is 11.7 Å². The van der Waals surface area contributed by atoms with Gasteiger partial charge in [0.05, 0.1) is 6.61 Å². The number of rotatable bonds is 2. The summed E-state index contributed by atoms with van der Waals surface area (Å²) in [6.45, 7) is 2.24. The summed E-state index contributed by atoms with van der Waals surface area (Å²) in [6, 6.07) is 0. The molecule has 3 rings (SSSR count). The molecule has 0 radical (unpaired) electrons. The summed E-state index contributed by atoms with van der Waals surface area (Å²) in [7, 11) is 0. The lowest BCUT2D eigenvalue weighted by Gasteiger charge is -2.18. The van der Waals surface area contributed by atoms with Crippen molar-refractivity contribution in [2.45, 2.75) is 44.1 Å².